The molecular formula is C27H27N3O6S. The SMILES string of the molecule is COc1ccc(C2CC(c3ccccc3)=NN2C(=O)COC(=O)c2ccc(S(=O)(=O)N(C)C)cc2)cc1. The molecule has 0 saturated carbocycles. The molecule has 1 aliphatic rings. The lowest BCUT2D eigenvalue weighted by Gasteiger charge is -2.22. The maximum Gasteiger partial charge on any atom is 0.338 e. The van der Waals surface area contributed by atoms with E-state index < -0.39 is 28.5 Å². The van der Waals surface area contributed by atoms with Gasteiger partial charge in [0.05, 0.1) is 29.3 Å². The van der Waals surface area contributed by atoms with Gasteiger partial charge < -0.3 is 9.47 Å². The zero-order valence-electron chi connectivity index (χ0n) is 20.7. The maximum absolute atomic E-state index is 13.2. The standard InChI is InChI=1S/C27H27N3O6S/c1-29(2)37(33,34)23-15-11-21(12-16-23)27(32)36-18-26(31)30-25(20-9-13-22(35-3)14-10-20)17-24(28-30)19-7-5-4-6-8-19/h4-16,25H,17-18H2,1-3H3. The number of sulfonamides is 1. The third-order valence-corrected chi connectivity index (χ3v) is 7.80. The van der Waals surface area contributed by atoms with Crippen LogP contribution in [0.2, 0.25) is 0 Å². The molecule has 0 radical (unpaired) electrons. The molecule has 37 heavy (non-hydrogen) atoms. The van der Waals surface area contributed by atoms with Gasteiger partial charge in [0.25, 0.3) is 5.91 Å². The Morgan fingerprint density at radius 2 is 1.62 bits per heavy atom. The zero-order valence-corrected chi connectivity index (χ0v) is 21.5. The number of nitrogens with zero attached hydrogens (tertiary/aromatic N) is 3. The highest BCUT2D eigenvalue weighted by Gasteiger charge is 2.33. The lowest BCUT2D eigenvalue weighted by molar-refractivity contribution is -0.136. The van der Waals surface area contributed by atoms with Gasteiger partial charge in [0.15, 0.2) is 6.61 Å². The molecule has 3 aromatic carbocycles. The van der Waals surface area contributed by atoms with Crippen molar-refractivity contribution in [2.45, 2.75) is 17.4 Å². The molecule has 0 N–H and O–H groups in total. The van der Waals surface area contributed by atoms with E-state index in [4.69, 9.17) is 9.47 Å². The predicted molar refractivity (Wildman–Crippen MR) is 138 cm³/mol. The molecule has 1 aliphatic heterocycles. The van der Waals surface area contributed by atoms with Crippen molar-refractivity contribution in [2.24, 2.45) is 5.10 Å². The Morgan fingerprint density at radius 3 is 2.22 bits per heavy atom. The predicted octanol–water partition coefficient (Wildman–Crippen LogP) is 3.48. The first-order chi connectivity index (χ1) is 17.7. The highest BCUT2D eigenvalue weighted by Crippen LogP contribution is 2.33. The summed E-state index contributed by atoms with van der Waals surface area (Å²) in [5, 5.41) is 5.92. The van der Waals surface area contributed by atoms with E-state index in [2.05, 4.69) is 5.10 Å². The molecule has 1 amide bonds. The molecule has 0 saturated heterocycles. The van der Waals surface area contributed by atoms with Crippen LogP contribution in [0, 0.1) is 0 Å². The lowest BCUT2D eigenvalue weighted by Crippen LogP contribution is -2.31. The molecule has 1 heterocycles. The van der Waals surface area contributed by atoms with Gasteiger partial charge in [-0.2, -0.15) is 5.10 Å². The van der Waals surface area contributed by atoms with Gasteiger partial charge in [0.1, 0.15) is 5.75 Å². The fourth-order valence-electron chi connectivity index (χ4n) is 3.88. The molecule has 1 atom stereocenters. The van der Waals surface area contributed by atoms with Crippen LogP contribution in [0.1, 0.15) is 33.9 Å². The number of hydrogen-bond acceptors (Lipinski definition) is 7. The minimum Gasteiger partial charge on any atom is -0.497 e. The summed E-state index contributed by atoms with van der Waals surface area (Å²) in [6.45, 7) is -0.519. The molecule has 0 fully saturated rings. The van der Waals surface area contributed by atoms with Gasteiger partial charge in [-0.3, -0.25) is 4.79 Å². The first-order valence-corrected chi connectivity index (χ1v) is 12.9. The second-order valence-corrected chi connectivity index (χ2v) is 10.7. The van der Waals surface area contributed by atoms with E-state index in [0.717, 1.165) is 21.1 Å². The molecule has 1 unspecified atom stereocenters. The average molecular weight is 522 g/mol. The first kappa shape index (κ1) is 26.1. The van der Waals surface area contributed by atoms with Gasteiger partial charge in [0, 0.05) is 20.5 Å². The molecule has 192 valence electrons. The summed E-state index contributed by atoms with van der Waals surface area (Å²) in [6.07, 6.45) is 0.498. The van der Waals surface area contributed by atoms with Crippen LogP contribution < -0.4 is 4.74 Å². The second-order valence-electron chi connectivity index (χ2n) is 8.53. The van der Waals surface area contributed by atoms with Crippen LogP contribution in [0.3, 0.4) is 0 Å². The minimum absolute atomic E-state index is 0.0484. The molecule has 4 rings (SSSR count). The van der Waals surface area contributed by atoms with Crippen LogP contribution in [0.15, 0.2) is 88.9 Å². The average Bonchev–Trinajstić information content (AvgIpc) is 3.38. The van der Waals surface area contributed by atoms with Crippen molar-refractivity contribution in [1.82, 2.24) is 9.31 Å². The number of carbonyl (C=O) groups is 2. The number of hydrazone groups is 1. The quantitative estimate of drug-likeness (QED) is 0.420. The van der Waals surface area contributed by atoms with E-state index in [1.807, 2.05) is 54.6 Å². The van der Waals surface area contributed by atoms with E-state index in [1.54, 1.807) is 7.11 Å². The van der Waals surface area contributed by atoms with Crippen LogP contribution in [0.5, 0.6) is 5.75 Å². The maximum atomic E-state index is 13.2. The molecule has 0 aliphatic carbocycles. The Kier molecular flexibility index (Phi) is 7.70. The van der Waals surface area contributed by atoms with Crippen molar-refractivity contribution in [2.75, 3.05) is 27.8 Å². The van der Waals surface area contributed by atoms with Crippen LogP contribution in [0.25, 0.3) is 0 Å². The van der Waals surface area contributed by atoms with Crippen molar-refractivity contribution < 1.29 is 27.5 Å². The van der Waals surface area contributed by atoms with Gasteiger partial charge in [-0.1, -0.05) is 42.5 Å². The highest BCUT2D eigenvalue weighted by molar-refractivity contribution is 7.89. The van der Waals surface area contributed by atoms with Crippen molar-refractivity contribution in [3.8, 4) is 5.75 Å². The summed E-state index contributed by atoms with van der Waals surface area (Å²) >= 11 is 0. The van der Waals surface area contributed by atoms with Crippen LogP contribution >= 0.6 is 0 Å². The van der Waals surface area contributed by atoms with Gasteiger partial charge in [-0.15, -0.1) is 0 Å². The van der Waals surface area contributed by atoms with Gasteiger partial charge in [0.2, 0.25) is 10.0 Å². The molecule has 0 aromatic heterocycles. The van der Waals surface area contributed by atoms with Crippen LogP contribution in [0.4, 0.5) is 0 Å². The summed E-state index contributed by atoms with van der Waals surface area (Å²) in [7, 11) is 0.806. The summed E-state index contributed by atoms with van der Waals surface area (Å²) in [6, 6.07) is 21.9. The monoisotopic (exact) mass is 521 g/mol. The Bertz CT molecular complexity index is 1400. The number of esters is 1. The number of rotatable bonds is 8. The number of methoxy groups -OCH3 is 1. The van der Waals surface area contributed by atoms with Gasteiger partial charge >= 0.3 is 5.97 Å². The Morgan fingerprint density at radius 1 is 0.973 bits per heavy atom. The molecule has 0 spiro atoms. The van der Waals surface area contributed by atoms with E-state index in [9.17, 15) is 18.0 Å². The Labute approximate surface area is 216 Å². The Hall–Kier alpha value is -4.02. The fraction of sp³-hybridized carbons (Fsp3) is 0.222. The largest absolute Gasteiger partial charge is 0.497 e. The highest BCUT2D eigenvalue weighted by atomic mass is 32.2. The summed E-state index contributed by atoms with van der Waals surface area (Å²) in [4.78, 5) is 25.8. The minimum atomic E-state index is -3.62. The van der Waals surface area contributed by atoms with Crippen molar-refractivity contribution in [3.63, 3.8) is 0 Å². The van der Waals surface area contributed by atoms with Crippen molar-refractivity contribution in [3.05, 3.63) is 95.6 Å². The smallest absolute Gasteiger partial charge is 0.338 e. The molecule has 0 bridgehead atoms. The number of hydrogen-bond donors (Lipinski definition) is 0. The number of carbonyl (C=O) groups excluding carboxylic acids is 2. The lowest BCUT2D eigenvalue weighted by atomic mass is 9.98. The summed E-state index contributed by atoms with van der Waals surface area (Å²) in [5.74, 6) is -0.524. The molecular weight excluding hydrogens is 494 g/mol. The van der Waals surface area contributed by atoms with Crippen molar-refractivity contribution in [1.29, 1.82) is 0 Å². The topological polar surface area (TPSA) is 106 Å². The van der Waals surface area contributed by atoms with Gasteiger partial charge in [-0.25, -0.2) is 22.5 Å². The van der Waals surface area contributed by atoms with Crippen LogP contribution in [-0.2, 0) is 19.6 Å². The molecule has 3 aromatic rings. The number of ether oxygens (including phenoxy) is 2. The number of amides is 1. The second kappa shape index (κ2) is 10.9. The summed E-state index contributed by atoms with van der Waals surface area (Å²) in [5.41, 5.74) is 2.65. The fourth-order valence-corrected chi connectivity index (χ4v) is 4.78. The normalized spacial score (nSPS) is 15.4. The molecule has 9 nitrogen and oxygen atoms in total. The van der Waals surface area contributed by atoms with E-state index in [1.165, 1.54) is 43.4 Å². The van der Waals surface area contributed by atoms with E-state index in [0.29, 0.717) is 12.2 Å². The third kappa shape index (κ3) is 5.71. The number of benzene rings is 3. The first-order valence-electron chi connectivity index (χ1n) is 11.5. The molecule has 10 heteroatoms. The Balaban J connectivity index is 1.49. The third-order valence-electron chi connectivity index (χ3n) is 5.97. The van der Waals surface area contributed by atoms with Crippen molar-refractivity contribution >= 4 is 27.6 Å². The van der Waals surface area contributed by atoms with Crippen LogP contribution in [-0.4, -0.2) is 63.1 Å². The summed E-state index contributed by atoms with van der Waals surface area (Å²) < 4.78 is 36.0. The van der Waals surface area contributed by atoms with E-state index >= 15 is 0 Å². The zero-order chi connectivity index (χ0) is 26.6. The van der Waals surface area contributed by atoms with E-state index in [-0.39, 0.29) is 16.5 Å². The van der Waals surface area contributed by atoms with Gasteiger partial charge in [-0.05, 0) is 47.5 Å².